The zero-order valence-electron chi connectivity index (χ0n) is 14.0. The van der Waals surface area contributed by atoms with Crippen molar-refractivity contribution in [3.63, 3.8) is 0 Å². The Morgan fingerprint density at radius 3 is 2.65 bits per heavy atom. The molecule has 0 bridgehead atoms. The van der Waals surface area contributed by atoms with Gasteiger partial charge in [0, 0.05) is 19.7 Å². The van der Waals surface area contributed by atoms with E-state index in [1.165, 1.54) is 6.07 Å². The Balaban J connectivity index is 2.19. The number of halogens is 1. The van der Waals surface area contributed by atoms with Gasteiger partial charge in [0.15, 0.2) is 11.1 Å². The van der Waals surface area contributed by atoms with Gasteiger partial charge in [-0.25, -0.2) is 8.60 Å². The lowest BCUT2D eigenvalue weighted by Gasteiger charge is -2.41. The molecule has 0 aliphatic carbocycles. The molecule has 1 fully saturated rings. The molecule has 6 heteroatoms. The molecule has 1 aliphatic rings. The van der Waals surface area contributed by atoms with Crippen molar-refractivity contribution in [3.8, 4) is 0 Å². The van der Waals surface area contributed by atoms with Gasteiger partial charge in [0.25, 0.3) is 0 Å². The summed E-state index contributed by atoms with van der Waals surface area (Å²) in [5.41, 5.74) is 1.18. The number of para-hydroxylation sites is 1. The van der Waals surface area contributed by atoms with E-state index in [0.29, 0.717) is 17.9 Å². The highest BCUT2D eigenvalue weighted by molar-refractivity contribution is 7.79. The van der Waals surface area contributed by atoms with Crippen molar-refractivity contribution in [2.24, 2.45) is 5.41 Å². The van der Waals surface area contributed by atoms with Gasteiger partial charge < -0.3 is 14.2 Å². The van der Waals surface area contributed by atoms with Crippen LogP contribution in [0.25, 0.3) is 0 Å². The van der Waals surface area contributed by atoms with E-state index >= 15 is 0 Å². The Morgan fingerprint density at radius 2 is 2.09 bits per heavy atom. The maximum Gasteiger partial charge on any atom is 0.160 e. The van der Waals surface area contributed by atoms with Crippen LogP contribution in [0.4, 0.5) is 10.1 Å². The van der Waals surface area contributed by atoms with Gasteiger partial charge in [-0.1, -0.05) is 19.1 Å². The van der Waals surface area contributed by atoms with Crippen molar-refractivity contribution in [1.82, 2.24) is 0 Å². The predicted octanol–water partition coefficient (Wildman–Crippen LogP) is 3.75. The molecule has 130 valence electrons. The first-order valence-corrected chi connectivity index (χ1v) is 9.26. The number of anilines is 1. The molecular formula is C17H26FNO3S. The molecule has 0 spiro atoms. The van der Waals surface area contributed by atoms with E-state index in [-0.39, 0.29) is 11.2 Å². The Labute approximate surface area is 140 Å². The maximum atomic E-state index is 14.4. The summed E-state index contributed by atoms with van der Waals surface area (Å²) < 4.78 is 40.8. The summed E-state index contributed by atoms with van der Waals surface area (Å²) in [7, 11) is 0. The first-order valence-electron chi connectivity index (χ1n) is 8.09. The Bertz CT molecular complexity index is 559. The lowest BCUT2D eigenvalue weighted by Crippen LogP contribution is -2.41. The molecule has 0 aromatic heterocycles. The fourth-order valence-electron chi connectivity index (χ4n) is 3.07. The first-order chi connectivity index (χ1) is 10.9. The van der Waals surface area contributed by atoms with Gasteiger partial charge in [0.05, 0.1) is 17.5 Å². The van der Waals surface area contributed by atoms with Crippen LogP contribution in [0, 0.1) is 11.2 Å². The Hall–Kier alpha value is -0.980. The van der Waals surface area contributed by atoms with E-state index in [9.17, 15) is 13.2 Å². The van der Waals surface area contributed by atoms with E-state index in [1.807, 2.05) is 11.8 Å². The molecule has 2 atom stereocenters. The predicted molar refractivity (Wildman–Crippen MR) is 91.6 cm³/mol. The lowest BCUT2D eigenvalue weighted by atomic mass is 9.81. The molecule has 1 heterocycles. The third kappa shape index (κ3) is 4.31. The summed E-state index contributed by atoms with van der Waals surface area (Å²) >= 11 is -2.02. The quantitative estimate of drug-likeness (QED) is 0.799. The van der Waals surface area contributed by atoms with Crippen LogP contribution in [0.15, 0.2) is 18.2 Å². The summed E-state index contributed by atoms with van der Waals surface area (Å²) in [6.07, 6.45) is 1.83. The smallest absolute Gasteiger partial charge is 0.160 e. The van der Waals surface area contributed by atoms with Crippen molar-refractivity contribution in [2.75, 3.05) is 31.2 Å². The summed E-state index contributed by atoms with van der Waals surface area (Å²) in [4.78, 5) is 2.00. The highest BCUT2D eigenvalue weighted by atomic mass is 32.2. The zero-order chi connectivity index (χ0) is 17.0. The minimum absolute atomic E-state index is 0.114. The molecule has 0 amide bonds. The maximum absolute atomic E-state index is 14.4. The minimum atomic E-state index is -2.02. The standard InChI is InChI=1S/C17H26FNO3S/c1-4-22-12-17(3)8-10-19(11-9-17)16-14(13(2)23(20)21)6-5-7-15(16)18/h5-7,13H,4,8-12H2,1-3H3,(H,20,21). The molecule has 1 saturated heterocycles. The van der Waals surface area contributed by atoms with E-state index in [0.717, 1.165) is 32.5 Å². The molecule has 1 N–H and O–H groups in total. The third-order valence-electron chi connectivity index (χ3n) is 4.70. The number of piperidine rings is 1. The monoisotopic (exact) mass is 343 g/mol. The van der Waals surface area contributed by atoms with Crippen LogP contribution < -0.4 is 4.90 Å². The molecule has 0 saturated carbocycles. The van der Waals surface area contributed by atoms with Crippen LogP contribution in [0.2, 0.25) is 0 Å². The minimum Gasteiger partial charge on any atom is -0.381 e. The molecule has 0 radical (unpaired) electrons. The average Bonchev–Trinajstić information content (AvgIpc) is 2.53. The van der Waals surface area contributed by atoms with Crippen LogP contribution in [0.5, 0.6) is 0 Å². The number of hydrogen-bond acceptors (Lipinski definition) is 3. The number of rotatable bonds is 6. The molecule has 2 unspecified atom stereocenters. The van der Waals surface area contributed by atoms with Gasteiger partial charge >= 0.3 is 0 Å². The van der Waals surface area contributed by atoms with Crippen molar-refractivity contribution >= 4 is 16.8 Å². The van der Waals surface area contributed by atoms with Crippen LogP contribution in [-0.2, 0) is 15.8 Å². The fourth-order valence-corrected chi connectivity index (χ4v) is 3.47. The Morgan fingerprint density at radius 1 is 1.43 bits per heavy atom. The molecule has 2 rings (SSSR count). The third-order valence-corrected chi connectivity index (χ3v) is 5.56. The van der Waals surface area contributed by atoms with Crippen molar-refractivity contribution in [3.05, 3.63) is 29.6 Å². The van der Waals surface area contributed by atoms with E-state index in [4.69, 9.17) is 4.74 Å². The second-order valence-corrected chi connectivity index (χ2v) is 7.79. The summed E-state index contributed by atoms with van der Waals surface area (Å²) in [5, 5.41) is -0.613. The summed E-state index contributed by atoms with van der Waals surface area (Å²) in [6, 6.07) is 4.76. The van der Waals surface area contributed by atoms with Crippen molar-refractivity contribution in [1.29, 1.82) is 0 Å². The zero-order valence-corrected chi connectivity index (χ0v) is 14.9. The van der Waals surface area contributed by atoms with Crippen LogP contribution in [0.3, 0.4) is 0 Å². The van der Waals surface area contributed by atoms with Crippen LogP contribution in [-0.4, -0.2) is 35.1 Å². The normalized spacial score (nSPS) is 20.3. The number of ether oxygens (including phenoxy) is 1. The van der Waals surface area contributed by atoms with Crippen molar-refractivity contribution < 1.29 is 17.9 Å². The van der Waals surface area contributed by atoms with Gasteiger partial charge in [-0.05, 0) is 43.7 Å². The highest BCUT2D eigenvalue weighted by Gasteiger charge is 2.32. The highest BCUT2D eigenvalue weighted by Crippen LogP contribution is 2.37. The summed E-state index contributed by atoms with van der Waals surface area (Å²) in [6.45, 7) is 8.71. The van der Waals surface area contributed by atoms with Crippen LogP contribution >= 0.6 is 0 Å². The lowest BCUT2D eigenvalue weighted by molar-refractivity contribution is 0.0458. The average molecular weight is 343 g/mol. The second-order valence-electron chi connectivity index (χ2n) is 6.53. The molecule has 4 nitrogen and oxygen atoms in total. The topological polar surface area (TPSA) is 49.8 Å². The molecule has 1 aromatic rings. The van der Waals surface area contributed by atoms with E-state index in [1.54, 1.807) is 19.1 Å². The molecular weight excluding hydrogens is 317 g/mol. The Kier molecular flexibility index (Phi) is 6.17. The SMILES string of the molecule is CCOCC1(C)CCN(c2c(F)cccc2C(C)S(=O)O)CC1. The van der Waals surface area contributed by atoms with Gasteiger partial charge in [-0.2, -0.15) is 0 Å². The van der Waals surface area contributed by atoms with E-state index in [2.05, 4.69) is 6.92 Å². The van der Waals surface area contributed by atoms with Gasteiger partial charge in [0.1, 0.15) is 5.82 Å². The molecule has 1 aliphatic heterocycles. The first kappa shape index (κ1) is 18.4. The van der Waals surface area contributed by atoms with Crippen molar-refractivity contribution in [2.45, 2.75) is 38.9 Å². The van der Waals surface area contributed by atoms with Gasteiger partial charge in [-0.3, -0.25) is 0 Å². The van der Waals surface area contributed by atoms with Gasteiger partial charge in [0.2, 0.25) is 0 Å². The van der Waals surface area contributed by atoms with Gasteiger partial charge in [-0.15, -0.1) is 0 Å². The molecule has 23 heavy (non-hydrogen) atoms. The largest absolute Gasteiger partial charge is 0.381 e. The number of hydrogen-bond donors (Lipinski definition) is 1. The summed E-state index contributed by atoms with van der Waals surface area (Å²) in [5.74, 6) is -0.326. The van der Waals surface area contributed by atoms with Crippen LogP contribution in [0.1, 0.15) is 44.4 Å². The van der Waals surface area contributed by atoms with E-state index < -0.39 is 16.3 Å². The number of benzene rings is 1. The number of nitrogens with zero attached hydrogens (tertiary/aromatic N) is 1. The molecule has 1 aromatic carbocycles. The second kappa shape index (κ2) is 7.73. The fraction of sp³-hybridized carbons (Fsp3) is 0.647.